The highest BCUT2D eigenvalue weighted by molar-refractivity contribution is 7.16. The number of benzene rings is 2. The van der Waals surface area contributed by atoms with Crippen LogP contribution >= 0.6 is 11.3 Å². The van der Waals surface area contributed by atoms with Crippen molar-refractivity contribution in [1.29, 1.82) is 0 Å². The maximum absolute atomic E-state index is 14.2. The van der Waals surface area contributed by atoms with Gasteiger partial charge in [-0.25, -0.2) is 4.39 Å². The fourth-order valence-electron chi connectivity index (χ4n) is 2.48. The van der Waals surface area contributed by atoms with E-state index in [9.17, 15) is 9.18 Å². The summed E-state index contributed by atoms with van der Waals surface area (Å²) in [6, 6.07) is 12.3. The van der Waals surface area contributed by atoms with Crippen LogP contribution in [-0.2, 0) is 16.1 Å². The van der Waals surface area contributed by atoms with Crippen LogP contribution < -0.4 is 9.54 Å². The van der Waals surface area contributed by atoms with E-state index in [0.29, 0.717) is 29.2 Å². The summed E-state index contributed by atoms with van der Waals surface area (Å²) in [5, 5.41) is 0. The largest absolute Gasteiger partial charge is 0.484 e. The van der Waals surface area contributed by atoms with Crippen LogP contribution in [0.3, 0.4) is 0 Å². The Morgan fingerprint density at radius 1 is 1.23 bits per heavy atom. The van der Waals surface area contributed by atoms with E-state index < -0.39 is 5.91 Å². The van der Waals surface area contributed by atoms with Crippen molar-refractivity contribution in [3.8, 4) is 5.75 Å². The molecule has 0 aliphatic rings. The third-order valence-electron chi connectivity index (χ3n) is 3.77. The lowest BCUT2D eigenvalue weighted by molar-refractivity contribution is -0.120. The highest BCUT2D eigenvalue weighted by Gasteiger charge is 2.12. The summed E-state index contributed by atoms with van der Waals surface area (Å²) in [6.45, 7) is 2.59. The number of halogens is 1. The average Bonchev–Trinajstić information content (AvgIpc) is 2.98. The van der Waals surface area contributed by atoms with E-state index in [0.717, 1.165) is 10.3 Å². The van der Waals surface area contributed by atoms with Gasteiger partial charge >= 0.3 is 0 Å². The summed E-state index contributed by atoms with van der Waals surface area (Å²) in [7, 11) is 1.57. The number of carbonyl (C=O) groups excluding carboxylic acids is 1. The van der Waals surface area contributed by atoms with Crippen LogP contribution in [0, 0.1) is 12.7 Å². The molecule has 2 aromatic carbocycles. The third kappa shape index (κ3) is 4.17. The molecule has 0 atom stereocenters. The van der Waals surface area contributed by atoms with Crippen molar-refractivity contribution in [3.05, 3.63) is 58.6 Å². The monoisotopic (exact) mass is 374 g/mol. The third-order valence-corrected chi connectivity index (χ3v) is 4.82. The van der Waals surface area contributed by atoms with Crippen LogP contribution in [0.25, 0.3) is 10.2 Å². The van der Waals surface area contributed by atoms with Crippen molar-refractivity contribution in [2.45, 2.75) is 13.5 Å². The Morgan fingerprint density at radius 2 is 2.00 bits per heavy atom. The van der Waals surface area contributed by atoms with Gasteiger partial charge in [0, 0.05) is 13.7 Å². The highest BCUT2D eigenvalue weighted by Crippen LogP contribution is 2.20. The zero-order valence-electron chi connectivity index (χ0n) is 14.6. The molecule has 7 heteroatoms. The fourth-order valence-corrected chi connectivity index (χ4v) is 3.57. The van der Waals surface area contributed by atoms with E-state index in [4.69, 9.17) is 9.47 Å². The van der Waals surface area contributed by atoms with Gasteiger partial charge in [0.25, 0.3) is 5.91 Å². The predicted molar refractivity (Wildman–Crippen MR) is 98.9 cm³/mol. The van der Waals surface area contributed by atoms with Gasteiger partial charge in [-0.1, -0.05) is 35.1 Å². The summed E-state index contributed by atoms with van der Waals surface area (Å²) in [5.74, 6) is -0.169. The van der Waals surface area contributed by atoms with Crippen molar-refractivity contribution in [2.24, 2.45) is 4.99 Å². The normalized spacial score (nSPS) is 11.9. The van der Waals surface area contributed by atoms with E-state index in [1.807, 2.05) is 19.1 Å². The molecule has 0 N–H and O–H groups in total. The molecule has 5 nitrogen and oxygen atoms in total. The molecule has 0 bridgehead atoms. The fraction of sp³-hybridized carbons (Fsp3) is 0.263. The molecule has 0 saturated carbocycles. The number of rotatable bonds is 6. The van der Waals surface area contributed by atoms with E-state index in [-0.39, 0.29) is 12.4 Å². The number of methoxy groups -OCH3 is 1. The smallest absolute Gasteiger partial charge is 0.286 e. The lowest BCUT2D eigenvalue weighted by atomic mass is 10.2. The number of thiazole rings is 1. The molecule has 0 radical (unpaired) electrons. The molecule has 0 aliphatic heterocycles. The lowest BCUT2D eigenvalue weighted by Crippen LogP contribution is -2.21. The number of para-hydroxylation sites is 1. The Kier molecular flexibility index (Phi) is 5.80. The number of ether oxygens (including phenoxy) is 2. The number of amides is 1. The molecule has 3 rings (SSSR count). The number of hydrogen-bond donors (Lipinski definition) is 0. The SMILES string of the molecule is COCCn1c(=NC(=O)COc2ccc(C)cc2)sc2cccc(F)c21. The Hall–Kier alpha value is -2.51. The average molecular weight is 374 g/mol. The van der Waals surface area contributed by atoms with Gasteiger partial charge in [-0.3, -0.25) is 4.79 Å². The van der Waals surface area contributed by atoms with Crippen LogP contribution in [0.4, 0.5) is 4.39 Å². The summed E-state index contributed by atoms with van der Waals surface area (Å²) in [5.41, 5.74) is 1.54. The second-order valence-corrected chi connectivity index (χ2v) is 6.73. The maximum Gasteiger partial charge on any atom is 0.286 e. The zero-order valence-corrected chi connectivity index (χ0v) is 15.4. The first kappa shape index (κ1) is 18.3. The van der Waals surface area contributed by atoms with E-state index in [2.05, 4.69) is 4.99 Å². The van der Waals surface area contributed by atoms with Crippen molar-refractivity contribution >= 4 is 27.5 Å². The maximum atomic E-state index is 14.2. The van der Waals surface area contributed by atoms with E-state index >= 15 is 0 Å². The topological polar surface area (TPSA) is 52.8 Å². The minimum absolute atomic E-state index is 0.177. The minimum atomic E-state index is -0.427. The molecule has 0 aliphatic carbocycles. The highest BCUT2D eigenvalue weighted by atomic mass is 32.1. The zero-order chi connectivity index (χ0) is 18.5. The molecule has 0 spiro atoms. The van der Waals surface area contributed by atoms with E-state index in [1.165, 1.54) is 17.4 Å². The molecule has 1 aromatic heterocycles. The lowest BCUT2D eigenvalue weighted by Gasteiger charge is -2.05. The number of hydrogen-bond acceptors (Lipinski definition) is 4. The van der Waals surface area contributed by atoms with Gasteiger partial charge in [0.1, 0.15) is 11.6 Å². The molecule has 26 heavy (non-hydrogen) atoms. The summed E-state index contributed by atoms with van der Waals surface area (Å²) in [4.78, 5) is 16.8. The van der Waals surface area contributed by atoms with Gasteiger partial charge < -0.3 is 14.0 Å². The first-order valence-electron chi connectivity index (χ1n) is 8.12. The number of aromatic nitrogens is 1. The summed E-state index contributed by atoms with van der Waals surface area (Å²) in [6.07, 6.45) is 0. The molecule has 1 amide bonds. The number of carbonyl (C=O) groups is 1. The van der Waals surface area contributed by atoms with Crippen molar-refractivity contribution < 1.29 is 18.7 Å². The van der Waals surface area contributed by atoms with Crippen LogP contribution in [0.5, 0.6) is 5.75 Å². The molecule has 1 heterocycles. The van der Waals surface area contributed by atoms with Gasteiger partial charge in [0.05, 0.1) is 16.8 Å². The minimum Gasteiger partial charge on any atom is -0.484 e. The molecule has 0 unspecified atom stereocenters. The molecule has 3 aromatic rings. The Balaban J connectivity index is 1.86. The number of nitrogens with zero attached hydrogens (tertiary/aromatic N) is 2. The number of aryl methyl sites for hydroxylation is 1. The molecular formula is C19H19FN2O3S. The first-order chi connectivity index (χ1) is 12.6. The standard InChI is InChI=1S/C19H19FN2O3S/c1-13-6-8-14(9-7-13)25-12-17(23)21-19-22(10-11-24-2)18-15(20)4-3-5-16(18)26-19/h3-9H,10-12H2,1-2H3. The van der Waals surface area contributed by atoms with Crippen molar-refractivity contribution in [1.82, 2.24) is 4.57 Å². The predicted octanol–water partition coefficient (Wildman–Crippen LogP) is 3.30. The van der Waals surface area contributed by atoms with Crippen molar-refractivity contribution in [2.75, 3.05) is 20.3 Å². The quantitative estimate of drug-likeness (QED) is 0.665. The summed E-state index contributed by atoms with van der Waals surface area (Å²) < 4.78 is 27.2. The second kappa shape index (κ2) is 8.25. The molecular weight excluding hydrogens is 355 g/mol. The molecule has 0 fully saturated rings. The van der Waals surface area contributed by atoms with Crippen molar-refractivity contribution in [3.63, 3.8) is 0 Å². The summed E-state index contributed by atoms with van der Waals surface area (Å²) >= 11 is 1.26. The molecule has 136 valence electrons. The van der Waals surface area contributed by atoms with Gasteiger partial charge in [-0.2, -0.15) is 4.99 Å². The van der Waals surface area contributed by atoms with Gasteiger partial charge in [-0.15, -0.1) is 0 Å². The van der Waals surface area contributed by atoms with Gasteiger partial charge in [-0.05, 0) is 31.2 Å². The van der Waals surface area contributed by atoms with Crippen LogP contribution in [-0.4, -0.2) is 30.8 Å². The van der Waals surface area contributed by atoms with Gasteiger partial charge in [0.2, 0.25) is 0 Å². The van der Waals surface area contributed by atoms with Gasteiger partial charge in [0.15, 0.2) is 11.4 Å². The number of fused-ring (bicyclic) bond motifs is 1. The van der Waals surface area contributed by atoms with Crippen LogP contribution in [0.2, 0.25) is 0 Å². The van der Waals surface area contributed by atoms with E-state index in [1.54, 1.807) is 35.9 Å². The first-order valence-corrected chi connectivity index (χ1v) is 8.94. The second-order valence-electron chi connectivity index (χ2n) is 5.72. The van der Waals surface area contributed by atoms with Crippen LogP contribution in [0.15, 0.2) is 47.5 Å². The van der Waals surface area contributed by atoms with Crippen LogP contribution in [0.1, 0.15) is 5.56 Å². The molecule has 0 saturated heterocycles. The Morgan fingerprint density at radius 3 is 2.73 bits per heavy atom. The Bertz CT molecular complexity index is 977. The Labute approximate surface area is 154 Å².